The zero-order chi connectivity index (χ0) is 15.5. The van der Waals surface area contributed by atoms with Gasteiger partial charge in [-0.05, 0) is 26.3 Å². The van der Waals surface area contributed by atoms with Crippen molar-refractivity contribution in [1.82, 2.24) is 4.72 Å². The summed E-state index contributed by atoms with van der Waals surface area (Å²) in [7, 11) is -3.89. The highest BCUT2D eigenvalue weighted by atomic mass is 35.5. The molecule has 2 atom stereocenters. The molecule has 112 valence electrons. The van der Waals surface area contributed by atoms with Crippen LogP contribution in [0.5, 0.6) is 0 Å². The predicted molar refractivity (Wildman–Crippen MR) is 74.2 cm³/mol. The Morgan fingerprint density at radius 1 is 1.45 bits per heavy atom. The van der Waals surface area contributed by atoms with E-state index in [-0.39, 0.29) is 22.0 Å². The van der Waals surface area contributed by atoms with Gasteiger partial charge in [0.15, 0.2) is 0 Å². The first-order valence-electron chi connectivity index (χ1n) is 5.78. The topological polar surface area (TPSA) is 110 Å². The molecule has 0 spiro atoms. The summed E-state index contributed by atoms with van der Waals surface area (Å²) in [5.41, 5.74) is -0.286. The largest absolute Gasteiger partial charge is 0.393 e. The van der Waals surface area contributed by atoms with E-state index in [4.69, 9.17) is 11.6 Å². The van der Waals surface area contributed by atoms with Gasteiger partial charge in [-0.1, -0.05) is 11.6 Å². The van der Waals surface area contributed by atoms with E-state index in [1.165, 1.54) is 0 Å². The molecule has 0 saturated carbocycles. The van der Waals surface area contributed by atoms with Gasteiger partial charge in [-0.15, -0.1) is 0 Å². The van der Waals surface area contributed by atoms with Gasteiger partial charge in [-0.25, -0.2) is 13.1 Å². The van der Waals surface area contributed by atoms with Crippen molar-refractivity contribution in [1.29, 1.82) is 0 Å². The molecule has 0 heterocycles. The average Bonchev–Trinajstić information content (AvgIpc) is 2.25. The second-order valence-corrected chi connectivity index (χ2v) is 6.57. The summed E-state index contributed by atoms with van der Waals surface area (Å²) in [6, 6.07) is 2.64. The number of nitrogens with zero attached hydrogens (tertiary/aromatic N) is 1. The number of sulfonamides is 1. The molecule has 0 saturated heterocycles. The SMILES string of the molecule is CC(O)CC(C)NS(=O)(=O)c1ccc([N+](=O)[O-])cc1Cl. The zero-order valence-electron chi connectivity index (χ0n) is 10.9. The van der Waals surface area contributed by atoms with Crippen LogP contribution in [0, 0.1) is 10.1 Å². The molecular weight excluding hydrogens is 308 g/mol. The Hall–Kier alpha value is -1.22. The number of hydrogen-bond acceptors (Lipinski definition) is 5. The molecular formula is C11H15ClN2O5S. The molecule has 2 N–H and O–H groups in total. The third-order valence-corrected chi connectivity index (χ3v) is 4.54. The van der Waals surface area contributed by atoms with Crippen molar-refractivity contribution in [3.05, 3.63) is 33.3 Å². The molecule has 9 heteroatoms. The number of benzene rings is 1. The van der Waals surface area contributed by atoms with E-state index in [1.807, 2.05) is 0 Å². The molecule has 0 bridgehead atoms. The van der Waals surface area contributed by atoms with Crippen LogP contribution >= 0.6 is 11.6 Å². The molecule has 1 aromatic rings. The number of nitro groups is 1. The van der Waals surface area contributed by atoms with Gasteiger partial charge in [0.25, 0.3) is 5.69 Å². The molecule has 0 radical (unpaired) electrons. The third-order valence-electron chi connectivity index (χ3n) is 2.47. The van der Waals surface area contributed by atoms with Crippen LogP contribution in [0.25, 0.3) is 0 Å². The highest BCUT2D eigenvalue weighted by Crippen LogP contribution is 2.26. The van der Waals surface area contributed by atoms with Gasteiger partial charge in [0.05, 0.1) is 16.0 Å². The maximum atomic E-state index is 12.1. The van der Waals surface area contributed by atoms with E-state index in [2.05, 4.69) is 4.72 Å². The highest BCUT2D eigenvalue weighted by molar-refractivity contribution is 7.89. The minimum Gasteiger partial charge on any atom is -0.393 e. The van der Waals surface area contributed by atoms with Crippen LogP contribution in [0.1, 0.15) is 20.3 Å². The normalized spacial score (nSPS) is 14.8. The number of hydrogen-bond donors (Lipinski definition) is 2. The van der Waals surface area contributed by atoms with Crippen molar-refractivity contribution < 1.29 is 18.4 Å². The van der Waals surface area contributed by atoms with Crippen LogP contribution in [-0.2, 0) is 10.0 Å². The number of rotatable bonds is 6. The van der Waals surface area contributed by atoms with E-state index in [9.17, 15) is 23.6 Å². The Labute approximate surface area is 121 Å². The molecule has 0 aliphatic rings. The van der Waals surface area contributed by atoms with Crippen molar-refractivity contribution in [2.75, 3.05) is 0 Å². The lowest BCUT2D eigenvalue weighted by atomic mass is 10.2. The van der Waals surface area contributed by atoms with Crippen LogP contribution in [0.4, 0.5) is 5.69 Å². The van der Waals surface area contributed by atoms with Gasteiger partial charge < -0.3 is 5.11 Å². The second kappa shape index (κ2) is 6.49. The van der Waals surface area contributed by atoms with Gasteiger partial charge in [0.2, 0.25) is 10.0 Å². The molecule has 0 aliphatic carbocycles. The van der Waals surface area contributed by atoms with Gasteiger partial charge in [0.1, 0.15) is 4.90 Å². The first-order chi connectivity index (χ1) is 9.13. The maximum absolute atomic E-state index is 12.1. The number of nitro benzene ring substituents is 1. The van der Waals surface area contributed by atoms with Crippen LogP contribution in [0.2, 0.25) is 5.02 Å². The van der Waals surface area contributed by atoms with Gasteiger partial charge in [0, 0.05) is 18.2 Å². The minimum atomic E-state index is -3.89. The molecule has 1 rings (SSSR count). The summed E-state index contributed by atoms with van der Waals surface area (Å²) in [5, 5.41) is 19.5. The lowest BCUT2D eigenvalue weighted by molar-refractivity contribution is -0.384. The average molecular weight is 323 g/mol. The molecule has 1 aromatic carbocycles. The van der Waals surface area contributed by atoms with Gasteiger partial charge in [-0.3, -0.25) is 10.1 Å². The van der Waals surface area contributed by atoms with E-state index < -0.39 is 27.1 Å². The summed E-state index contributed by atoms with van der Waals surface area (Å²) < 4.78 is 26.5. The number of aliphatic hydroxyl groups excluding tert-OH is 1. The lowest BCUT2D eigenvalue weighted by Crippen LogP contribution is -2.34. The van der Waals surface area contributed by atoms with Crippen LogP contribution in [-0.4, -0.2) is 30.6 Å². The summed E-state index contributed by atoms with van der Waals surface area (Å²) in [6.45, 7) is 3.15. The zero-order valence-corrected chi connectivity index (χ0v) is 12.5. The lowest BCUT2D eigenvalue weighted by Gasteiger charge is -2.16. The number of aliphatic hydroxyl groups is 1. The molecule has 0 amide bonds. The molecule has 7 nitrogen and oxygen atoms in total. The Balaban J connectivity index is 3.01. The Morgan fingerprint density at radius 2 is 2.05 bits per heavy atom. The van der Waals surface area contributed by atoms with Crippen molar-refractivity contribution in [3.63, 3.8) is 0 Å². The fourth-order valence-electron chi connectivity index (χ4n) is 1.71. The van der Waals surface area contributed by atoms with Crippen molar-refractivity contribution >= 4 is 27.3 Å². The fraction of sp³-hybridized carbons (Fsp3) is 0.455. The summed E-state index contributed by atoms with van der Waals surface area (Å²) in [4.78, 5) is 9.67. The smallest absolute Gasteiger partial charge is 0.271 e. The Kier molecular flexibility index (Phi) is 5.46. The van der Waals surface area contributed by atoms with Crippen molar-refractivity contribution in [3.8, 4) is 0 Å². The van der Waals surface area contributed by atoms with Crippen LogP contribution < -0.4 is 4.72 Å². The van der Waals surface area contributed by atoms with Crippen LogP contribution in [0.15, 0.2) is 23.1 Å². The third kappa shape index (κ3) is 4.41. The Morgan fingerprint density at radius 3 is 2.50 bits per heavy atom. The van der Waals surface area contributed by atoms with Crippen molar-refractivity contribution in [2.45, 2.75) is 37.3 Å². The van der Waals surface area contributed by atoms with E-state index >= 15 is 0 Å². The minimum absolute atomic E-state index is 0.226. The quantitative estimate of drug-likeness (QED) is 0.611. The second-order valence-electron chi connectivity index (χ2n) is 4.48. The van der Waals surface area contributed by atoms with E-state index in [0.29, 0.717) is 0 Å². The monoisotopic (exact) mass is 322 g/mol. The maximum Gasteiger partial charge on any atom is 0.271 e. The van der Waals surface area contributed by atoms with Gasteiger partial charge in [-0.2, -0.15) is 0 Å². The summed E-state index contributed by atoms with van der Waals surface area (Å²) in [5.74, 6) is 0. The number of halogens is 1. The molecule has 0 fully saturated rings. The first kappa shape index (κ1) is 16.8. The first-order valence-corrected chi connectivity index (χ1v) is 7.64. The molecule has 0 aromatic heterocycles. The summed E-state index contributed by atoms with van der Waals surface area (Å²) >= 11 is 5.77. The standard InChI is InChI=1S/C11H15ClN2O5S/c1-7(5-8(2)15)13-20(18,19)11-4-3-9(14(16)17)6-10(11)12/h3-4,6-8,13,15H,5H2,1-2H3. The van der Waals surface area contributed by atoms with Crippen LogP contribution in [0.3, 0.4) is 0 Å². The molecule has 2 unspecified atom stereocenters. The number of non-ortho nitro benzene ring substituents is 1. The molecule has 0 aliphatic heterocycles. The highest BCUT2D eigenvalue weighted by Gasteiger charge is 2.22. The van der Waals surface area contributed by atoms with E-state index in [0.717, 1.165) is 18.2 Å². The predicted octanol–water partition coefficient (Wildman–Crippen LogP) is 1.69. The fourth-order valence-corrected chi connectivity index (χ4v) is 3.50. The number of nitrogens with one attached hydrogen (secondary N) is 1. The van der Waals surface area contributed by atoms with Gasteiger partial charge >= 0.3 is 0 Å². The van der Waals surface area contributed by atoms with E-state index in [1.54, 1.807) is 13.8 Å². The molecule has 20 heavy (non-hydrogen) atoms. The van der Waals surface area contributed by atoms with Crippen molar-refractivity contribution in [2.24, 2.45) is 0 Å². The summed E-state index contributed by atoms with van der Waals surface area (Å²) in [6.07, 6.45) is -0.413. The Bertz CT molecular complexity index is 603.